The minimum absolute atomic E-state index is 0.179. The third-order valence-electron chi connectivity index (χ3n) is 3.62. The van der Waals surface area contributed by atoms with Crippen LogP contribution in [0.1, 0.15) is 19.8 Å². The minimum atomic E-state index is -3.59. The molecule has 1 aromatic rings. The van der Waals surface area contributed by atoms with Gasteiger partial charge in [0.2, 0.25) is 5.91 Å². The van der Waals surface area contributed by atoms with Crippen LogP contribution in [0.25, 0.3) is 0 Å². The van der Waals surface area contributed by atoms with Crippen LogP contribution in [0.15, 0.2) is 33.6 Å². The number of amides is 1. The zero-order chi connectivity index (χ0) is 14.8. The second-order valence-corrected chi connectivity index (χ2v) is 8.07. The molecule has 20 heavy (non-hydrogen) atoms. The second-order valence-electron chi connectivity index (χ2n) is 5.25. The van der Waals surface area contributed by atoms with Crippen LogP contribution in [0.4, 0.5) is 0 Å². The molecule has 110 valence electrons. The maximum Gasteiger partial charge on any atom is 0.238 e. The van der Waals surface area contributed by atoms with Crippen LogP contribution >= 0.6 is 15.9 Å². The van der Waals surface area contributed by atoms with Gasteiger partial charge in [-0.15, -0.1) is 0 Å². The highest BCUT2D eigenvalue weighted by Crippen LogP contribution is 2.23. The molecule has 1 fully saturated rings. The molecule has 4 nitrogen and oxygen atoms in total. The number of carbonyl (C=O) groups excluding carboxylic acids is 1. The van der Waals surface area contributed by atoms with Gasteiger partial charge in [0.25, 0.3) is 0 Å². The van der Waals surface area contributed by atoms with Gasteiger partial charge in [-0.2, -0.15) is 0 Å². The summed E-state index contributed by atoms with van der Waals surface area (Å²) in [5.74, 6) is -0.143. The first-order valence-electron chi connectivity index (χ1n) is 6.65. The zero-order valence-electron chi connectivity index (χ0n) is 11.4. The standard InChI is InChI=1S/C14H18BrNO3S/c1-11-6-8-16(9-7-11)14(17)10-20(18,19)13-5-3-2-4-12(13)15/h2-5,11H,6-10H2,1H3. The van der Waals surface area contributed by atoms with Crippen LogP contribution in [0.5, 0.6) is 0 Å². The number of sulfone groups is 1. The lowest BCUT2D eigenvalue weighted by Crippen LogP contribution is -2.41. The highest BCUT2D eigenvalue weighted by Gasteiger charge is 2.27. The summed E-state index contributed by atoms with van der Waals surface area (Å²) in [6, 6.07) is 6.59. The molecule has 0 bridgehead atoms. The van der Waals surface area contributed by atoms with Crippen molar-refractivity contribution in [2.24, 2.45) is 5.92 Å². The first-order valence-corrected chi connectivity index (χ1v) is 9.10. The van der Waals surface area contributed by atoms with Gasteiger partial charge in [0.15, 0.2) is 9.84 Å². The summed E-state index contributed by atoms with van der Waals surface area (Å²) in [5, 5.41) is 0. The highest BCUT2D eigenvalue weighted by molar-refractivity contribution is 9.10. The van der Waals surface area contributed by atoms with Gasteiger partial charge in [-0.25, -0.2) is 8.42 Å². The minimum Gasteiger partial charge on any atom is -0.342 e. The number of hydrogen-bond donors (Lipinski definition) is 0. The van der Waals surface area contributed by atoms with Gasteiger partial charge in [0, 0.05) is 17.6 Å². The van der Waals surface area contributed by atoms with Crippen LogP contribution < -0.4 is 0 Å². The van der Waals surface area contributed by atoms with Crippen molar-refractivity contribution < 1.29 is 13.2 Å². The van der Waals surface area contributed by atoms with Gasteiger partial charge in [0.1, 0.15) is 5.75 Å². The van der Waals surface area contributed by atoms with Gasteiger partial charge in [-0.3, -0.25) is 4.79 Å². The Morgan fingerprint density at radius 3 is 2.50 bits per heavy atom. The molecule has 0 atom stereocenters. The van der Waals surface area contributed by atoms with Crippen molar-refractivity contribution in [2.75, 3.05) is 18.8 Å². The van der Waals surface area contributed by atoms with E-state index < -0.39 is 15.6 Å². The number of hydrogen-bond acceptors (Lipinski definition) is 3. The number of piperidine rings is 1. The fourth-order valence-electron chi connectivity index (χ4n) is 2.29. The maximum atomic E-state index is 12.3. The molecule has 0 aliphatic carbocycles. The Morgan fingerprint density at radius 2 is 1.90 bits per heavy atom. The van der Waals surface area contributed by atoms with Crippen molar-refractivity contribution in [1.82, 2.24) is 4.90 Å². The van der Waals surface area contributed by atoms with Crippen LogP contribution in [-0.4, -0.2) is 38.1 Å². The molecule has 1 aliphatic heterocycles. The highest BCUT2D eigenvalue weighted by atomic mass is 79.9. The number of likely N-dealkylation sites (tertiary alicyclic amines) is 1. The molecule has 6 heteroatoms. The Kier molecular flexibility index (Phi) is 4.86. The largest absolute Gasteiger partial charge is 0.342 e. The molecular weight excluding hydrogens is 342 g/mol. The zero-order valence-corrected chi connectivity index (χ0v) is 13.8. The normalized spacial score (nSPS) is 17.2. The van der Waals surface area contributed by atoms with Crippen LogP contribution in [0, 0.1) is 5.92 Å². The molecule has 0 aromatic heterocycles. The SMILES string of the molecule is CC1CCN(C(=O)CS(=O)(=O)c2ccccc2Br)CC1. The lowest BCUT2D eigenvalue weighted by molar-refractivity contribution is -0.129. The van der Waals surface area contributed by atoms with Crippen molar-refractivity contribution >= 4 is 31.7 Å². The van der Waals surface area contributed by atoms with Crippen LogP contribution in [0.3, 0.4) is 0 Å². The molecule has 0 saturated carbocycles. The van der Waals surface area contributed by atoms with Crippen LogP contribution in [-0.2, 0) is 14.6 Å². The first-order chi connectivity index (χ1) is 9.40. The molecule has 0 radical (unpaired) electrons. The van der Waals surface area contributed by atoms with Gasteiger partial charge in [-0.05, 0) is 46.8 Å². The third-order valence-corrected chi connectivity index (χ3v) is 6.23. The van der Waals surface area contributed by atoms with E-state index >= 15 is 0 Å². The van der Waals surface area contributed by atoms with Gasteiger partial charge < -0.3 is 4.90 Å². The summed E-state index contributed by atoms with van der Waals surface area (Å²) in [7, 11) is -3.59. The second kappa shape index (κ2) is 6.26. The fraction of sp³-hybridized carbons (Fsp3) is 0.500. The monoisotopic (exact) mass is 359 g/mol. The molecule has 1 heterocycles. The Hall–Kier alpha value is -0.880. The average molecular weight is 360 g/mol. The van der Waals surface area contributed by atoms with Gasteiger partial charge in [0.05, 0.1) is 4.90 Å². The third kappa shape index (κ3) is 3.61. The van der Waals surface area contributed by atoms with E-state index in [1.165, 1.54) is 6.07 Å². The number of carbonyl (C=O) groups is 1. The molecular formula is C14H18BrNO3S. The molecule has 1 saturated heterocycles. The summed E-state index contributed by atoms with van der Waals surface area (Å²) in [5.41, 5.74) is 0. The first kappa shape index (κ1) is 15.5. The molecule has 0 N–H and O–H groups in total. The number of benzene rings is 1. The Morgan fingerprint density at radius 1 is 1.30 bits per heavy atom. The topological polar surface area (TPSA) is 54.5 Å². The molecule has 0 spiro atoms. The van der Waals surface area contributed by atoms with Crippen molar-refractivity contribution in [3.8, 4) is 0 Å². The summed E-state index contributed by atoms with van der Waals surface area (Å²) >= 11 is 3.22. The predicted octanol–water partition coefficient (Wildman–Crippen LogP) is 2.48. The van der Waals surface area contributed by atoms with E-state index in [2.05, 4.69) is 22.9 Å². The van der Waals surface area contributed by atoms with Crippen molar-refractivity contribution in [1.29, 1.82) is 0 Å². The summed E-state index contributed by atoms with van der Waals surface area (Å²) in [4.78, 5) is 14.0. The molecule has 2 rings (SSSR count). The fourth-order valence-corrected chi connectivity index (χ4v) is 4.63. The predicted molar refractivity (Wildman–Crippen MR) is 81.2 cm³/mol. The Bertz CT molecular complexity index is 592. The van der Waals surface area contributed by atoms with Gasteiger partial charge >= 0.3 is 0 Å². The van der Waals surface area contributed by atoms with E-state index in [4.69, 9.17) is 0 Å². The Labute approximate surface area is 128 Å². The molecule has 1 aliphatic rings. The number of halogens is 1. The van der Waals surface area contributed by atoms with Crippen LogP contribution in [0.2, 0.25) is 0 Å². The smallest absolute Gasteiger partial charge is 0.238 e. The van der Waals surface area contributed by atoms with E-state index in [1.54, 1.807) is 23.1 Å². The molecule has 0 unspecified atom stereocenters. The quantitative estimate of drug-likeness (QED) is 0.832. The lowest BCUT2D eigenvalue weighted by atomic mass is 9.99. The summed E-state index contributed by atoms with van der Waals surface area (Å²) < 4.78 is 25.1. The van der Waals surface area contributed by atoms with E-state index in [-0.39, 0.29) is 10.8 Å². The summed E-state index contributed by atoms with van der Waals surface area (Å²) in [6.45, 7) is 3.47. The van der Waals surface area contributed by atoms with E-state index in [0.717, 1.165) is 12.8 Å². The summed E-state index contributed by atoms with van der Waals surface area (Å²) in [6.07, 6.45) is 1.89. The van der Waals surface area contributed by atoms with E-state index in [9.17, 15) is 13.2 Å². The number of nitrogens with zero attached hydrogens (tertiary/aromatic N) is 1. The van der Waals surface area contributed by atoms with Crippen molar-refractivity contribution in [2.45, 2.75) is 24.7 Å². The average Bonchev–Trinajstić information content (AvgIpc) is 2.39. The van der Waals surface area contributed by atoms with E-state index in [1.807, 2.05) is 0 Å². The number of rotatable bonds is 3. The van der Waals surface area contributed by atoms with Crippen molar-refractivity contribution in [3.05, 3.63) is 28.7 Å². The molecule has 1 amide bonds. The van der Waals surface area contributed by atoms with Gasteiger partial charge in [-0.1, -0.05) is 19.1 Å². The van der Waals surface area contributed by atoms with E-state index in [0.29, 0.717) is 23.5 Å². The molecule has 1 aromatic carbocycles. The van der Waals surface area contributed by atoms with Crippen molar-refractivity contribution in [3.63, 3.8) is 0 Å². The lowest BCUT2D eigenvalue weighted by Gasteiger charge is -2.30. The Balaban J connectivity index is 2.09. The maximum absolute atomic E-state index is 12.3.